The number of pyridine rings is 1. The van der Waals surface area contributed by atoms with Crippen LogP contribution in [0.3, 0.4) is 0 Å². The number of nitrogens with one attached hydrogen (secondary N) is 1. The predicted molar refractivity (Wildman–Crippen MR) is 110 cm³/mol. The normalized spacial score (nSPS) is 23.2. The van der Waals surface area contributed by atoms with Crippen LogP contribution in [0, 0.1) is 5.92 Å². The van der Waals surface area contributed by atoms with Gasteiger partial charge in [0.25, 0.3) is 0 Å². The third-order valence-corrected chi connectivity index (χ3v) is 6.24. The molecule has 2 aliphatic heterocycles. The Bertz CT molecular complexity index is 1010. The van der Waals surface area contributed by atoms with Gasteiger partial charge in [-0.1, -0.05) is 0 Å². The van der Waals surface area contributed by atoms with Crippen molar-refractivity contribution < 1.29 is 14.4 Å². The number of nitrogens with zero attached hydrogens (tertiary/aromatic N) is 5. The van der Waals surface area contributed by atoms with Crippen molar-refractivity contribution in [1.82, 2.24) is 24.7 Å². The van der Waals surface area contributed by atoms with Crippen LogP contribution in [0.15, 0.2) is 24.5 Å². The van der Waals surface area contributed by atoms with Gasteiger partial charge in [-0.2, -0.15) is 5.10 Å². The minimum atomic E-state index is -0.406. The Morgan fingerprint density at radius 1 is 1.23 bits per heavy atom. The second kappa shape index (κ2) is 7.39. The van der Waals surface area contributed by atoms with Gasteiger partial charge in [0.1, 0.15) is 0 Å². The zero-order valence-corrected chi connectivity index (χ0v) is 17.1. The average molecular weight is 410 g/mol. The molecule has 0 spiro atoms. The van der Waals surface area contributed by atoms with Crippen LogP contribution in [0.25, 0.3) is 5.52 Å². The molecule has 1 atom stereocenters. The summed E-state index contributed by atoms with van der Waals surface area (Å²) in [6.07, 6.45) is 5.94. The van der Waals surface area contributed by atoms with E-state index in [4.69, 9.17) is 0 Å². The van der Waals surface area contributed by atoms with Crippen LogP contribution in [0.5, 0.6) is 0 Å². The molecular formula is C21H26N6O3. The summed E-state index contributed by atoms with van der Waals surface area (Å²) >= 11 is 0. The lowest BCUT2D eigenvalue weighted by atomic mass is 10.1. The number of carbonyl (C=O) groups is 3. The van der Waals surface area contributed by atoms with Gasteiger partial charge < -0.3 is 4.90 Å². The van der Waals surface area contributed by atoms with Crippen LogP contribution in [-0.4, -0.2) is 69.5 Å². The molecule has 9 heteroatoms. The van der Waals surface area contributed by atoms with Crippen LogP contribution in [-0.2, 0) is 16.1 Å². The van der Waals surface area contributed by atoms with Crippen molar-refractivity contribution in [1.29, 1.82) is 0 Å². The molecule has 0 bridgehead atoms. The lowest BCUT2D eigenvalue weighted by Crippen LogP contribution is -2.54. The van der Waals surface area contributed by atoms with Crippen LogP contribution in [0.2, 0.25) is 0 Å². The molecule has 2 aromatic heterocycles. The smallest absolute Gasteiger partial charge is 0.328 e. The lowest BCUT2D eigenvalue weighted by molar-refractivity contribution is -0.137. The van der Waals surface area contributed by atoms with Crippen molar-refractivity contribution in [2.75, 3.05) is 31.1 Å². The summed E-state index contributed by atoms with van der Waals surface area (Å²) in [4.78, 5) is 42.1. The monoisotopic (exact) mass is 410 g/mol. The molecule has 9 nitrogen and oxygen atoms in total. The number of piperazine rings is 1. The minimum Gasteiger partial charge on any atom is -0.337 e. The molecule has 158 valence electrons. The highest BCUT2D eigenvalue weighted by Crippen LogP contribution is 2.32. The maximum atomic E-state index is 12.4. The number of anilines is 1. The lowest BCUT2D eigenvalue weighted by Gasteiger charge is -2.40. The number of hydrogen-bond donors (Lipinski definition) is 1. The Morgan fingerprint density at radius 3 is 2.80 bits per heavy atom. The summed E-state index contributed by atoms with van der Waals surface area (Å²) in [5, 5.41) is 6.71. The van der Waals surface area contributed by atoms with Crippen LogP contribution >= 0.6 is 0 Å². The highest BCUT2D eigenvalue weighted by Gasteiger charge is 2.37. The zero-order chi connectivity index (χ0) is 20.8. The number of aromatic nitrogens is 2. The SMILES string of the molecule is C[C@H]1CN(Cc2ccn3ncc(N4CCC(=O)NC4=O)c3c2)CCN1C(=O)C1CC1. The number of fused-ring (bicyclic) bond motifs is 1. The van der Waals surface area contributed by atoms with Crippen molar-refractivity contribution in [3.63, 3.8) is 0 Å². The molecule has 3 fully saturated rings. The molecule has 1 aliphatic carbocycles. The van der Waals surface area contributed by atoms with Gasteiger partial charge in [0.05, 0.1) is 17.4 Å². The Morgan fingerprint density at radius 2 is 2.07 bits per heavy atom. The molecule has 2 saturated heterocycles. The quantitative estimate of drug-likeness (QED) is 0.819. The molecule has 4 heterocycles. The van der Waals surface area contributed by atoms with Gasteiger partial charge in [0.15, 0.2) is 0 Å². The third kappa shape index (κ3) is 3.54. The highest BCUT2D eigenvalue weighted by molar-refractivity contribution is 6.07. The molecular weight excluding hydrogens is 384 g/mol. The van der Waals surface area contributed by atoms with E-state index < -0.39 is 6.03 Å². The standard InChI is InChI=1S/C21H26N6O3/c1-14-12-24(8-9-25(14)20(29)16-2-3-16)13-15-4-7-27-17(10-15)18(11-22-27)26-6-5-19(28)23-21(26)30/h4,7,10-11,14,16H,2-3,5-6,8-9,12-13H2,1H3,(H,23,28,30)/t14-/m0/s1. The van der Waals surface area contributed by atoms with Crippen LogP contribution in [0.1, 0.15) is 31.7 Å². The number of amides is 4. The fraction of sp³-hybridized carbons (Fsp3) is 0.524. The van der Waals surface area contributed by atoms with Crippen molar-refractivity contribution in [2.45, 2.75) is 38.8 Å². The van der Waals surface area contributed by atoms with Gasteiger partial charge in [-0.15, -0.1) is 0 Å². The summed E-state index contributed by atoms with van der Waals surface area (Å²) in [5.41, 5.74) is 2.68. The van der Waals surface area contributed by atoms with Crippen molar-refractivity contribution in [3.8, 4) is 0 Å². The third-order valence-electron chi connectivity index (χ3n) is 6.24. The van der Waals surface area contributed by atoms with E-state index in [9.17, 15) is 14.4 Å². The number of carbonyl (C=O) groups excluding carboxylic acids is 3. The Labute approximate surface area is 174 Å². The fourth-order valence-corrected chi connectivity index (χ4v) is 4.44. The minimum absolute atomic E-state index is 0.218. The van der Waals surface area contributed by atoms with Crippen molar-refractivity contribution >= 4 is 29.0 Å². The van der Waals surface area contributed by atoms with Gasteiger partial charge in [0.2, 0.25) is 11.8 Å². The van der Waals surface area contributed by atoms with Gasteiger partial charge >= 0.3 is 6.03 Å². The molecule has 1 saturated carbocycles. The molecule has 2 aromatic rings. The van der Waals surface area contributed by atoms with Crippen LogP contribution < -0.4 is 10.2 Å². The van der Waals surface area contributed by atoms with E-state index in [1.165, 1.54) is 0 Å². The molecule has 1 N–H and O–H groups in total. The first-order chi connectivity index (χ1) is 14.5. The Kier molecular flexibility index (Phi) is 4.69. The van der Waals surface area contributed by atoms with E-state index in [-0.39, 0.29) is 24.3 Å². The Balaban J connectivity index is 1.30. The van der Waals surface area contributed by atoms with Crippen LogP contribution in [0.4, 0.5) is 10.5 Å². The largest absolute Gasteiger partial charge is 0.337 e. The number of rotatable bonds is 4. The summed E-state index contributed by atoms with van der Waals surface area (Å²) in [6.45, 7) is 5.75. The van der Waals surface area contributed by atoms with Gasteiger partial charge in [-0.05, 0) is 37.5 Å². The second-order valence-electron chi connectivity index (χ2n) is 8.54. The molecule has 0 aromatic carbocycles. The van der Waals surface area contributed by atoms with Crippen molar-refractivity contribution in [3.05, 3.63) is 30.1 Å². The fourth-order valence-electron chi connectivity index (χ4n) is 4.44. The summed E-state index contributed by atoms with van der Waals surface area (Å²) < 4.78 is 1.75. The van der Waals surface area contributed by atoms with E-state index in [1.54, 1.807) is 15.6 Å². The zero-order valence-electron chi connectivity index (χ0n) is 17.1. The first-order valence-electron chi connectivity index (χ1n) is 10.6. The summed E-state index contributed by atoms with van der Waals surface area (Å²) in [6, 6.07) is 3.90. The Hall–Kier alpha value is -2.94. The maximum absolute atomic E-state index is 12.4. The van der Waals surface area contributed by atoms with Gasteiger partial charge in [0, 0.05) is 57.3 Å². The van der Waals surface area contributed by atoms with E-state index in [0.29, 0.717) is 18.1 Å². The topological polar surface area (TPSA) is 90.3 Å². The number of urea groups is 1. The van der Waals surface area contributed by atoms with E-state index >= 15 is 0 Å². The first-order valence-corrected chi connectivity index (χ1v) is 10.6. The average Bonchev–Trinajstić information content (AvgIpc) is 3.49. The van der Waals surface area contributed by atoms with Crippen molar-refractivity contribution in [2.24, 2.45) is 5.92 Å². The second-order valence-corrected chi connectivity index (χ2v) is 8.54. The first kappa shape index (κ1) is 19.0. The molecule has 5 rings (SSSR count). The molecule has 0 radical (unpaired) electrons. The van der Waals surface area contributed by atoms with E-state index in [1.807, 2.05) is 17.2 Å². The molecule has 3 aliphatic rings. The van der Waals surface area contributed by atoms with E-state index in [0.717, 1.165) is 50.1 Å². The van der Waals surface area contributed by atoms with E-state index in [2.05, 4.69) is 28.3 Å². The predicted octanol–water partition coefficient (Wildman–Crippen LogP) is 1.22. The maximum Gasteiger partial charge on any atom is 0.328 e. The highest BCUT2D eigenvalue weighted by atomic mass is 16.2. The molecule has 30 heavy (non-hydrogen) atoms. The van der Waals surface area contributed by atoms with Gasteiger partial charge in [-0.25, -0.2) is 9.31 Å². The summed E-state index contributed by atoms with van der Waals surface area (Å²) in [7, 11) is 0. The van der Waals surface area contributed by atoms with Gasteiger partial charge in [-0.3, -0.25) is 24.7 Å². The summed E-state index contributed by atoms with van der Waals surface area (Å²) in [5.74, 6) is 0.344. The molecule has 0 unspecified atom stereocenters. The number of hydrogen-bond acceptors (Lipinski definition) is 5. The number of imide groups is 1. The molecule has 4 amide bonds.